The van der Waals surface area contributed by atoms with Gasteiger partial charge in [0.05, 0.1) is 6.61 Å². The van der Waals surface area contributed by atoms with Gasteiger partial charge in [0.25, 0.3) is 0 Å². The molecule has 3 nitrogen and oxygen atoms in total. The minimum absolute atomic E-state index is 0.507. The van der Waals surface area contributed by atoms with Crippen LogP contribution < -0.4 is 5.73 Å². The first-order valence-corrected chi connectivity index (χ1v) is 6.12. The highest BCUT2D eigenvalue weighted by atomic mass is 16.5. The first-order chi connectivity index (χ1) is 8.04. The van der Waals surface area contributed by atoms with Crippen LogP contribution in [0.1, 0.15) is 25.0 Å². The Labute approximate surface area is 105 Å². The summed E-state index contributed by atoms with van der Waals surface area (Å²) >= 11 is 0. The van der Waals surface area contributed by atoms with E-state index in [1.807, 2.05) is 6.92 Å². The summed E-state index contributed by atoms with van der Waals surface area (Å²) in [5, 5.41) is 0. The molecule has 0 aliphatic heterocycles. The van der Waals surface area contributed by atoms with Crippen LogP contribution in [0.4, 0.5) is 5.69 Å². The van der Waals surface area contributed by atoms with E-state index in [1.54, 1.807) is 7.11 Å². The molecule has 0 fully saturated rings. The molecule has 0 bridgehead atoms. The summed E-state index contributed by atoms with van der Waals surface area (Å²) in [5.74, 6) is 0. The maximum atomic E-state index is 5.93. The van der Waals surface area contributed by atoms with Crippen LogP contribution in [0.2, 0.25) is 0 Å². The van der Waals surface area contributed by atoms with Crippen LogP contribution in [0.3, 0.4) is 0 Å². The third-order valence-electron chi connectivity index (χ3n) is 3.04. The van der Waals surface area contributed by atoms with Gasteiger partial charge in [0.15, 0.2) is 0 Å². The minimum atomic E-state index is 0.507. The third kappa shape index (κ3) is 4.36. The Morgan fingerprint density at radius 3 is 2.59 bits per heavy atom. The number of rotatable bonds is 6. The molecule has 0 spiro atoms. The molecule has 0 heterocycles. The second kappa shape index (κ2) is 6.62. The summed E-state index contributed by atoms with van der Waals surface area (Å²) in [6, 6.07) is 6.80. The lowest BCUT2D eigenvalue weighted by atomic mass is 10.1. The van der Waals surface area contributed by atoms with Crippen molar-refractivity contribution < 1.29 is 4.74 Å². The van der Waals surface area contributed by atoms with Gasteiger partial charge in [-0.3, -0.25) is 4.90 Å². The van der Waals surface area contributed by atoms with Gasteiger partial charge in [-0.05, 0) is 38.0 Å². The van der Waals surface area contributed by atoms with E-state index in [1.165, 1.54) is 5.56 Å². The van der Waals surface area contributed by atoms with Crippen LogP contribution in [0, 0.1) is 6.92 Å². The molecule has 1 aromatic rings. The van der Waals surface area contributed by atoms with E-state index in [4.69, 9.17) is 10.5 Å². The van der Waals surface area contributed by atoms with Crippen LogP contribution in [0.15, 0.2) is 18.2 Å². The predicted molar refractivity (Wildman–Crippen MR) is 73.0 cm³/mol. The molecule has 2 N–H and O–H groups in total. The van der Waals surface area contributed by atoms with Crippen molar-refractivity contribution in [2.75, 3.05) is 26.0 Å². The van der Waals surface area contributed by atoms with E-state index < -0.39 is 0 Å². The molecule has 0 saturated carbocycles. The zero-order valence-corrected chi connectivity index (χ0v) is 11.4. The summed E-state index contributed by atoms with van der Waals surface area (Å²) < 4.78 is 5.14. The zero-order valence-electron chi connectivity index (χ0n) is 11.4. The van der Waals surface area contributed by atoms with Gasteiger partial charge in [-0.2, -0.15) is 0 Å². The lowest BCUT2D eigenvalue weighted by molar-refractivity contribution is 0.125. The Kier molecular flexibility index (Phi) is 5.45. The fourth-order valence-corrected chi connectivity index (χ4v) is 1.75. The molecule has 0 amide bonds. The van der Waals surface area contributed by atoms with Gasteiger partial charge in [0.1, 0.15) is 0 Å². The van der Waals surface area contributed by atoms with E-state index in [0.717, 1.165) is 30.9 Å². The van der Waals surface area contributed by atoms with Gasteiger partial charge in [-0.1, -0.05) is 12.1 Å². The Balaban J connectivity index is 2.68. The van der Waals surface area contributed by atoms with Crippen LogP contribution in [0.25, 0.3) is 0 Å². The SMILES string of the molecule is COCCN(Cc1ccc(C)c(N)c1)C(C)C. The normalized spacial score (nSPS) is 11.4. The number of hydrogen-bond acceptors (Lipinski definition) is 3. The van der Waals surface area contributed by atoms with Crippen molar-refractivity contribution in [1.82, 2.24) is 4.90 Å². The van der Waals surface area contributed by atoms with Gasteiger partial charge in [-0.15, -0.1) is 0 Å². The maximum absolute atomic E-state index is 5.93. The van der Waals surface area contributed by atoms with E-state index in [0.29, 0.717) is 6.04 Å². The maximum Gasteiger partial charge on any atom is 0.0589 e. The fraction of sp³-hybridized carbons (Fsp3) is 0.571. The number of ether oxygens (including phenoxy) is 1. The van der Waals surface area contributed by atoms with Crippen molar-refractivity contribution in [1.29, 1.82) is 0 Å². The molecule has 0 unspecified atom stereocenters. The Morgan fingerprint density at radius 1 is 1.35 bits per heavy atom. The number of anilines is 1. The molecular weight excluding hydrogens is 212 g/mol. The molecule has 0 aliphatic rings. The summed E-state index contributed by atoms with van der Waals surface area (Å²) in [4.78, 5) is 2.38. The molecule has 0 radical (unpaired) electrons. The van der Waals surface area contributed by atoms with Crippen LogP contribution in [-0.4, -0.2) is 31.2 Å². The van der Waals surface area contributed by atoms with Gasteiger partial charge < -0.3 is 10.5 Å². The highest BCUT2D eigenvalue weighted by Crippen LogP contribution is 2.15. The van der Waals surface area contributed by atoms with E-state index >= 15 is 0 Å². The second-order valence-corrected chi connectivity index (χ2v) is 4.75. The predicted octanol–water partition coefficient (Wildman–Crippen LogP) is 2.43. The number of benzene rings is 1. The lowest BCUT2D eigenvalue weighted by Gasteiger charge is -2.26. The molecule has 0 aromatic heterocycles. The molecule has 0 aliphatic carbocycles. The lowest BCUT2D eigenvalue weighted by Crippen LogP contribution is -2.33. The number of aryl methyl sites for hydroxylation is 1. The molecule has 1 rings (SSSR count). The van der Waals surface area contributed by atoms with Gasteiger partial charge >= 0.3 is 0 Å². The average molecular weight is 236 g/mol. The number of nitrogen functional groups attached to an aromatic ring is 1. The average Bonchev–Trinajstić information content (AvgIpc) is 2.28. The zero-order chi connectivity index (χ0) is 12.8. The summed E-state index contributed by atoms with van der Waals surface area (Å²) in [5.41, 5.74) is 9.20. The Morgan fingerprint density at radius 2 is 2.06 bits per heavy atom. The number of nitrogens with zero attached hydrogens (tertiary/aromatic N) is 1. The van der Waals surface area contributed by atoms with Crippen molar-refractivity contribution in [3.63, 3.8) is 0 Å². The standard InChI is InChI=1S/C14H24N2O/c1-11(2)16(7-8-17-4)10-13-6-5-12(3)14(15)9-13/h5-6,9,11H,7-8,10,15H2,1-4H3. The Hall–Kier alpha value is -1.06. The van der Waals surface area contributed by atoms with Crippen molar-refractivity contribution in [3.8, 4) is 0 Å². The van der Waals surface area contributed by atoms with E-state index in [9.17, 15) is 0 Å². The van der Waals surface area contributed by atoms with Crippen molar-refractivity contribution >= 4 is 5.69 Å². The quantitative estimate of drug-likeness (QED) is 0.771. The molecule has 3 heteroatoms. The summed E-state index contributed by atoms with van der Waals surface area (Å²) in [6.07, 6.45) is 0. The topological polar surface area (TPSA) is 38.5 Å². The second-order valence-electron chi connectivity index (χ2n) is 4.75. The highest BCUT2D eigenvalue weighted by molar-refractivity contribution is 5.48. The third-order valence-corrected chi connectivity index (χ3v) is 3.04. The molecule has 1 aromatic carbocycles. The van der Waals surface area contributed by atoms with Crippen LogP contribution >= 0.6 is 0 Å². The smallest absolute Gasteiger partial charge is 0.0589 e. The van der Waals surface area contributed by atoms with Crippen molar-refractivity contribution in [3.05, 3.63) is 29.3 Å². The van der Waals surface area contributed by atoms with E-state index in [-0.39, 0.29) is 0 Å². The van der Waals surface area contributed by atoms with Gasteiger partial charge in [0, 0.05) is 31.9 Å². The molecule has 0 saturated heterocycles. The Bertz CT molecular complexity index is 350. The summed E-state index contributed by atoms with van der Waals surface area (Å²) in [6.45, 7) is 9.07. The van der Waals surface area contributed by atoms with Crippen LogP contribution in [0.5, 0.6) is 0 Å². The molecular formula is C14H24N2O. The molecule has 17 heavy (non-hydrogen) atoms. The monoisotopic (exact) mass is 236 g/mol. The van der Waals surface area contributed by atoms with Gasteiger partial charge in [0.2, 0.25) is 0 Å². The largest absolute Gasteiger partial charge is 0.399 e. The first kappa shape index (κ1) is 14.0. The molecule has 96 valence electrons. The molecule has 0 atom stereocenters. The first-order valence-electron chi connectivity index (χ1n) is 6.12. The number of methoxy groups -OCH3 is 1. The van der Waals surface area contributed by atoms with Crippen molar-refractivity contribution in [2.45, 2.75) is 33.4 Å². The fourth-order valence-electron chi connectivity index (χ4n) is 1.75. The van der Waals surface area contributed by atoms with Crippen molar-refractivity contribution in [2.24, 2.45) is 0 Å². The highest BCUT2D eigenvalue weighted by Gasteiger charge is 2.10. The number of nitrogens with two attached hydrogens (primary N) is 1. The minimum Gasteiger partial charge on any atom is -0.399 e. The van der Waals surface area contributed by atoms with Gasteiger partial charge in [-0.25, -0.2) is 0 Å². The van der Waals surface area contributed by atoms with Crippen LogP contribution in [-0.2, 0) is 11.3 Å². The van der Waals surface area contributed by atoms with E-state index in [2.05, 4.69) is 36.9 Å². The number of hydrogen-bond donors (Lipinski definition) is 1. The summed E-state index contributed by atoms with van der Waals surface area (Å²) in [7, 11) is 1.74.